The van der Waals surface area contributed by atoms with Crippen LogP contribution in [0.15, 0.2) is 12.1 Å². The second kappa shape index (κ2) is 4.52. The molecule has 4 aliphatic rings. The molecule has 6 rings (SSSR count). The minimum absolute atomic E-state index is 0.144. The summed E-state index contributed by atoms with van der Waals surface area (Å²) in [5.41, 5.74) is 0.714. The van der Waals surface area contributed by atoms with E-state index in [0.29, 0.717) is 34.8 Å². The lowest BCUT2D eigenvalue weighted by Crippen LogP contribution is -2.49. The lowest BCUT2D eigenvalue weighted by molar-refractivity contribution is -0.142. The third kappa shape index (κ3) is 2.04. The lowest BCUT2D eigenvalue weighted by Gasteiger charge is -2.56. The Hall–Kier alpha value is -1.59. The van der Waals surface area contributed by atoms with Crippen molar-refractivity contribution in [3.8, 4) is 0 Å². The Balaban J connectivity index is 1.70. The molecule has 0 N–H and O–H groups in total. The Labute approximate surface area is 138 Å². The van der Waals surface area contributed by atoms with Crippen LogP contribution < -0.4 is 0 Å². The molecule has 0 aromatic carbocycles. The fraction of sp³-hybridized carbons (Fsp3) is 0.667. The maximum atomic E-state index is 13.6. The van der Waals surface area contributed by atoms with E-state index in [2.05, 4.69) is 10.1 Å². The molecule has 24 heavy (non-hydrogen) atoms. The highest BCUT2D eigenvalue weighted by molar-refractivity contribution is 5.44. The SMILES string of the molecule is Cc1cc2nc(C34CC5CC(CC(C5)C3)C4)cc(C(F)(F)F)n2n1. The van der Waals surface area contributed by atoms with Crippen LogP contribution in [0.25, 0.3) is 5.65 Å². The van der Waals surface area contributed by atoms with Crippen molar-refractivity contribution < 1.29 is 13.2 Å². The van der Waals surface area contributed by atoms with Gasteiger partial charge >= 0.3 is 6.18 Å². The van der Waals surface area contributed by atoms with E-state index < -0.39 is 11.9 Å². The van der Waals surface area contributed by atoms with Gasteiger partial charge in [-0.15, -0.1) is 0 Å². The first-order valence-electron chi connectivity index (χ1n) is 8.77. The summed E-state index contributed by atoms with van der Waals surface area (Å²) in [6, 6.07) is 2.94. The van der Waals surface area contributed by atoms with Crippen molar-refractivity contribution in [3.63, 3.8) is 0 Å². The van der Waals surface area contributed by atoms with Gasteiger partial charge in [0.15, 0.2) is 5.65 Å². The Morgan fingerprint density at radius 1 is 1.04 bits per heavy atom. The number of hydrogen-bond acceptors (Lipinski definition) is 2. The molecule has 6 heteroatoms. The predicted molar refractivity (Wildman–Crippen MR) is 82.6 cm³/mol. The third-order valence-electron chi connectivity index (χ3n) is 6.42. The molecule has 2 aromatic rings. The monoisotopic (exact) mass is 335 g/mol. The van der Waals surface area contributed by atoms with Crippen molar-refractivity contribution >= 4 is 5.65 Å². The molecule has 4 bridgehead atoms. The molecule has 3 nitrogen and oxygen atoms in total. The number of hydrogen-bond donors (Lipinski definition) is 0. The van der Waals surface area contributed by atoms with Gasteiger partial charge in [-0.25, -0.2) is 9.50 Å². The number of alkyl halides is 3. The summed E-state index contributed by atoms with van der Waals surface area (Å²) in [6.07, 6.45) is 2.39. The molecule has 0 atom stereocenters. The summed E-state index contributed by atoms with van der Waals surface area (Å²) in [5, 5.41) is 4.00. The van der Waals surface area contributed by atoms with Crippen molar-refractivity contribution in [3.05, 3.63) is 29.2 Å². The number of aryl methyl sites for hydroxylation is 1. The van der Waals surface area contributed by atoms with Gasteiger partial charge in [-0.05, 0) is 69.3 Å². The Morgan fingerprint density at radius 3 is 2.17 bits per heavy atom. The molecule has 0 aliphatic heterocycles. The normalized spacial score (nSPS) is 35.1. The van der Waals surface area contributed by atoms with E-state index in [1.807, 2.05) is 0 Å². The van der Waals surface area contributed by atoms with Crippen LogP contribution in [0.5, 0.6) is 0 Å². The standard InChI is InChI=1S/C18H20F3N3/c1-10-2-16-22-14(6-15(18(19,20)21)24(16)23-10)17-7-11-3-12(8-17)5-13(4-11)9-17/h2,6,11-13H,3-5,7-9H2,1H3. The Kier molecular flexibility index (Phi) is 2.78. The topological polar surface area (TPSA) is 30.2 Å². The molecule has 0 unspecified atom stereocenters. The molecular weight excluding hydrogens is 315 g/mol. The molecule has 0 amide bonds. The smallest absolute Gasteiger partial charge is 0.233 e. The van der Waals surface area contributed by atoms with Gasteiger partial charge in [-0.3, -0.25) is 0 Å². The number of halogens is 3. The van der Waals surface area contributed by atoms with Gasteiger partial charge < -0.3 is 0 Å². The molecule has 128 valence electrons. The highest BCUT2D eigenvalue weighted by atomic mass is 19.4. The number of aromatic nitrogens is 3. The van der Waals surface area contributed by atoms with E-state index in [1.54, 1.807) is 13.0 Å². The van der Waals surface area contributed by atoms with Gasteiger partial charge in [0, 0.05) is 11.5 Å². The molecule has 4 fully saturated rings. The van der Waals surface area contributed by atoms with Crippen molar-refractivity contribution in [2.45, 2.75) is 57.0 Å². The van der Waals surface area contributed by atoms with E-state index >= 15 is 0 Å². The minimum Gasteiger partial charge on any atom is -0.233 e. The van der Waals surface area contributed by atoms with E-state index in [1.165, 1.54) is 25.3 Å². The van der Waals surface area contributed by atoms with Gasteiger partial charge in [-0.2, -0.15) is 18.3 Å². The van der Waals surface area contributed by atoms with Crippen LogP contribution in [0.1, 0.15) is 55.6 Å². The van der Waals surface area contributed by atoms with Crippen molar-refractivity contribution in [2.24, 2.45) is 17.8 Å². The van der Waals surface area contributed by atoms with Crippen molar-refractivity contribution in [2.75, 3.05) is 0 Å². The first-order chi connectivity index (χ1) is 11.3. The molecule has 0 radical (unpaired) electrons. The van der Waals surface area contributed by atoms with Crippen molar-refractivity contribution in [1.29, 1.82) is 0 Å². The fourth-order valence-corrected chi connectivity index (χ4v) is 5.99. The average Bonchev–Trinajstić information content (AvgIpc) is 2.83. The predicted octanol–water partition coefficient (Wildman–Crippen LogP) is 4.52. The quantitative estimate of drug-likeness (QED) is 0.767. The van der Waals surface area contributed by atoms with Crippen molar-refractivity contribution in [1.82, 2.24) is 14.6 Å². The number of rotatable bonds is 1. The first kappa shape index (κ1) is 14.7. The summed E-state index contributed by atoms with van der Waals surface area (Å²) in [5.74, 6) is 2.03. The third-order valence-corrected chi connectivity index (χ3v) is 6.42. The van der Waals surface area contributed by atoms with Crippen LogP contribution >= 0.6 is 0 Å². The van der Waals surface area contributed by atoms with E-state index in [0.717, 1.165) is 23.8 Å². The van der Waals surface area contributed by atoms with E-state index in [4.69, 9.17) is 0 Å². The molecule has 2 aromatic heterocycles. The number of nitrogens with zero attached hydrogens (tertiary/aromatic N) is 3. The van der Waals surface area contributed by atoms with Crippen LogP contribution in [0, 0.1) is 24.7 Å². The Morgan fingerprint density at radius 2 is 1.62 bits per heavy atom. The zero-order valence-corrected chi connectivity index (χ0v) is 13.6. The largest absolute Gasteiger partial charge is 0.433 e. The average molecular weight is 335 g/mol. The molecule has 2 heterocycles. The second-order valence-corrected chi connectivity index (χ2v) is 8.28. The molecular formula is C18H20F3N3. The van der Waals surface area contributed by atoms with Crippen LogP contribution in [0.4, 0.5) is 13.2 Å². The maximum Gasteiger partial charge on any atom is 0.433 e. The zero-order chi connectivity index (χ0) is 16.7. The Bertz CT molecular complexity index is 785. The van der Waals surface area contributed by atoms with E-state index in [9.17, 15) is 13.2 Å². The summed E-state index contributed by atoms with van der Waals surface area (Å²) in [4.78, 5) is 4.66. The molecule has 4 saturated carbocycles. The summed E-state index contributed by atoms with van der Waals surface area (Å²) in [6.45, 7) is 1.71. The van der Waals surface area contributed by atoms with Gasteiger partial charge in [0.1, 0.15) is 5.69 Å². The molecule has 0 spiro atoms. The van der Waals surface area contributed by atoms with Crippen LogP contribution in [-0.2, 0) is 11.6 Å². The van der Waals surface area contributed by atoms with Gasteiger partial charge in [0.05, 0.1) is 11.4 Å². The fourth-order valence-electron chi connectivity index (χ4n) is 5.99. The van der Waals surface area contributed by atoms with E-state index in [-0.39, 0.29) is 5.41 Å². The molecule has 0 saturated heterocycles. The first-order valence-corrected chi connectivity index (χ1v) is 8.77. The molecule has 4 aliphatic carbocycles. The van der Waals surface area contributed by atoms with Gasteiger partial charge in [0.25, 0.3) is 0 Å². The van der Waals surface area contributed by atoms with Crippen LogP contribution in [0.2, 0.25) is 0 Å². The van der Waals surface area contributed by atoms with Gasteiger partial charge in [-0.1, -0.05) is 0 Å². The summed E-state index contributed by atoms with van der Waals surface area (Å²) < 4.78 is 41.7. The van der Waals surface area contributed by atoms with Crippen LogP contribution in [-0.4, -0.2) is 14.6 Å². The second-order valence-electron chi connectivity index (χ2n) is 8.28. The maximum absolute atomic E-state index is 13.6. The highest BCUT2D eigenvalue weighted by Gasteiger charge is 2.53. The minimum atomic E-state index is -4.42. The van der Waals surface area contributed by atoms with Gasteiger partial charge in [0.2, 0.25) is 0 Å². The van der Waals surface area contributed by atoms with Crippen LogP contribution in [0.3, 0.4) is 0 Å². The zero-order valence-electron chi connectivity index (χ0n) is 13.6. The summed E-state index contributed by atoms with van der Waals surface area (Å²) >= 11 is 0. The number of fused-ring (bicyclic) bond motifs is 1. The summed E-state index contributed by atoms with van der Waals surface area (Å²) in [7, 11) is 0. The lowest BCUT2D eigenvalue weighted by atomic mass is 9.49. The highest BCUT2D eigenvalue weighted by Crippen LogP contribution is 2.60.